The summed E-state index contributed by atoms with van der Waals surface area (Å²) in [6.07, 6.45) is 3.02. The van der Waals surface area contributed by atoms with E-state index in [2.05, 4.69) is 25.2 Å². The van der Waals surface area contributed by atoms with Gasteiger partial charge in [0.1, 0.15) is 23.7 Å². The molecule has 7 heteroatoms. The first-order chi connectivity index (χ1) is 10.3. The van der Waals surface area contributed by atoms with Crippen molar-refractivity contribution >= 4 is 17.5 Å². The van der Waals surface area contributed by atoms with E-state index in [1.807, 2.05) is 6.07 Å². The summed E-state index contributed by atoms with van der Waals surface area (Å²) >= 11 is 0. The van der Waals surface area contributed by atoms with E-state index in [0.717, 1.165) is 18.9 Å². The van der Waals surface area contributed by atoms with E-state index in [1.54, 1.807) is 24.4 Å². The number of morpholine rings is 1. The van der Waals surface area contributed by atoms with Crippen LogP contribution in [0.15, 0.2) is 36.8 Å². The average molecular weight is 285 g/mol. The third-order valence-corrected chi connectivity index (χ3v) is 3.13. The molecule has 2 aromatic rings. The Hall–Kier alpha value is -2.54. The van der Waals surface area contributed by atoms with Gasteiger partial charge in [0.15, 0.2) is 0 Å². The molecule has 1 fully saturated rings. The van der Waals surface area contributed by atoms with Crippen LogP contribution in [0.3, 0.4) is 0 Å². The van der Waals surface area contributed by atoms with Crippen LogP contribution in [-0.2, 0) is 4.74 Å². The summed E-state index contributed by atoms with van der Waals surface area (Å²) < 4.78 is 5.31. The number of pyridine rings is 1. The van der Waals surface area contributed by atoms with E-state index >= 15 is 0 Å². The van der Waals surface area contributed by atoms with E-state index in [0.29, 0.717) is 24.7 Å². The van der Waals surface area contributed by atoms with Crippen LogP contribution in [0, 0.1) is 0 Å². The number of nitrogens with one attached hydrogen (secondary N) is 1. The van der Waals surface area contributed by atoms with Gasteiger partial charge in [0.2, 0.25) is 0 Å². The number of carbonyl (C=O) groups excluding carboxylic acids is 1. The Bertz CT molecular complexity index is 614. The lowest BCUT2D eigenvalue weighted by Crippen LogP contribution is -2.37. The molecule has 0 saturated carbocycles. The second-order valence-corrected chi connectivity index (χ2v) is 4.53. The van der Waals surface area contributed by atoms with Crippen molar-refractivity contribution in [2.75, 3.05) is 36.5 Å². The van der Waals surface area contributed by atoms with Crippen molar-refractivity contribution in [3.8, 4) is 0 Å². The molecule has 7 nitrogen and oxygen atoms in total. The van der Waals surface area contributed by atoms with Crippen LogP contribution in [0.1, 0.15) is 10.5 Å². The third kappa shape index (κ3) is 3.32. The van der Waals surface area contributed by atoms with Crippen molar-refractivity contribution in [2.24, 2.45) is 0 Å². The Labute approximate surface area is 122 Å². The van der Waals surface area contributed by atoms with Gasteiger partial charge in [-0.15, -0.1) is 0 Å². The Morgan fingerprint density at radius 3 is 2.81 bits per heavy atom. The highest BCUT2D eigenvalue weighted by molar-refractivity contribution is 6.02. The topological polar surface area (TPSA) is 80.2 Å². The van der Waals surface area contributed by atoms with Crippen molar-refractivity contribution in [2.45, 2.75) is 0 Å². The van der Waals surface area contributed by atoms with Gasteiger partial charge in [0.05, 0.1) is 13.2 Å². The summed E-state index contributed by atoms with van der Waals surface area (Å²) in [6, 6.07) is 7.00. The van der Waals surface area contributed by atoms with Gasteiger partial charge in [0, 0.05) is 25.4 Å². The maximum absolute atomic E-state index is 12.2. The lowest BCUT2D eigenvalue weighted by atomic mass is 10.3. The molecule has 3 rings (SSSR count). The molecule has 2 aromatic heterocycles. The molecule has 21 heavy (non-hydrogen) atoms. The van der Waals surface area contributed by atoms with Gasteiger partial charge in [-0.3, -0.25) is 4.79 Å². The van der Waals surface area contributed by atoms with Crippen molar-refractivity contribution in [3.63, 3.8) is 0 Å². The first kappa shape index (κ1) is 13.4. The molecule has 0 bridgehead atoms. The number of rotatable bonds is 3. The van der Waals surface area contributed by atoms with Crippen LogP contribution in [0.25, 0.3) is 0 Å². The summed E-state index contributed by atoms with van der Waals surface area (Å²) in [4.78, 5) is 26.5. The molecule has 0 aliphatic carbocycles. The average Bonchev–Trinajstić information content (AvgIpc) is 2.57. The highest BCUT2D eigenvalue weighted by Crippen LogP contribution is 2.13. The summed E-state index contributed by atoms with van der Waals surface area (Å²) in [5.41, 5.74) is 0.317. The first-order valence-electron chi connectivity index (χ1n) is 6.70. The van der Waals surface area contributed by atoms with Crippen molar-refractivity contribution < 1.29 is 9.53 Å². The molecular formula is C14H15N5O2. The molecular weight excluding hydrogens is 270 g/mol. The number of hydrogen-bond donors (Lipinski definition) is 1. The van der Waals surface area contributed by atoms with Crippen LogP contribution in [0.2, 0.25) is 0 Å². The van der Waals surface area contributed by atoms with Gasteiger partial charge in [-0.25, -0.2) is 15.0 Å². The van der Waals surface area contributed by atoms with Gasteiger partial charge in [0.25, 0.3) is 5.91 Å². The van der Waals surface area contributed by atoms with Gasteiger partial charge in [-0.1, -0.05) is 6.07 Å². The lowest BCUT2D eigenvalue weighted by Gasteiger charge is -2.27. The SMILES string of the molecule is O=C(Nc1ccccn1)c1cc(N2CCOCC2)ncn1. The number of carbonyl (C=O) groups is 1. The molecule has 1 amide bonds. The molecule has 3 heterocycles. The number of nitrogens with zero attached hydrogens (tertiary/aromatic N) is 4. The Balaban J connectivity index is 1.74. The Morgan fingerprint density at radius 1 is 1.19 bits per heavy atom. The van der Waals surface area contributed by atoms with E-state index in [-0.39, 0.29) is 5.91 Å². The molecule has 1 aliphatic heterocycles. The molecule has 1 N–H and O–H groups in total. The standard InChI is InChI=1S/C14H15N5O2/c20-14(18-12-3-1-2-4-15-12)11-9-13(17-10-16-11)19-5-7-21-8-6-19/h1-4,9-10H,5-8H2,(H,15,18,20). The van der Waals surface area contributed by atoms with Crippen molar-refractivity contribution in [3.05, 3.63) is 42.5 Å². The largest absolute Gasteiger partial charge is 0.378 e. The van der Waals surface area contributed by atoms with E-state index < -0.39 is 0 Å². The van der Waals surface area contributed by atoms with Gasteiger partial charge >= 0.3 is 0 Å². The summed E-state index contributed by atoms with van der Waals surface area (Å²) in [5, 5.41) is 2.70. The second kappa shape index (κ2) is 6.27. The van der Waals surface area contributed by atoms with E-state index in [4.69, 9.17) is 4.74 Å². The maximum atomic E-state index is 12.2. The van der Waals surface area contributed by atoms with E-state index in [1.165, 1.54) is 6.33 Å². The van der Waals surface area contributed by atoms with Crippen LogP contribution >= 0.6 is 0 Å². The van der Waals surface area contributed by atoms with E-state index in [9.17, 15) is 4.79 Å². The molecule has 0 radical (unpaired) electrons. The molecule has 0 unspecified atom stereocenters. The molecule has 108 valence electrons. The van der Waals surface area contributed by atoms with Crippen LogP contribution in [0.4, 0.5) is 11.6 Å². The third-order valence-electron chi connectivity index (χ3n) is 3.13. The zero-order chi connectivity index (χ0) is 14.5. The van der Waals surface area contributed by atoms with Crippen LogP contribution in [-0.4, -0.2) is 47.2 Å². The minimum atomic E-state index is -0.300. The fourth-order valence-corrected chi connectivity index (χ4v) is 2.05. The summed E-state index contributed by atoms with van der Waals surface area (Å²) in [6.45, 7) is 2.86. The van der Waals surface area contributed by atoms with Crippen LogP contribution < -0.4 is 10.2 Å². The predicted molar refractivity (Wildman–Crippen MR) is 77.3 cm³/mol. The van der Waals surface area contributed by atoms with Gasteiger partial charge in [-0.2, -0.15) is 0 Å². The molecule has 0 spiro atoms. The number of amides is 1. The normalized spacial score (nSPS) is 14.8. The van der Waals surface area contributed by atoms with Crippen molar-refractivity contribution in [1.82, 2.24) is 15.0 Å². The summed E-state index contributed by atoms with van der Waals surface area (Å²) in [5.74, 6) is 0.930. The molecule has 0 aromatic carbocycles. The summed E-state index contributed by atoms with van der Waals surface area (Å²) in [7, 11) is 0. The first-order valence-corrected chi connectivity index (χ1v) is 6.70. The second-order valence-electron chi connectivity index (χ2n) is 4.53. The number of ether oxygens (including phenoxy) is 1. The minimum absolute atomic E-state index is 0.300. The number of anilines is 2. The number of hydrogen-bond acceptors (Lipinski definition) is 6. The maximum Gasteiger partial charge on any atom is 0.275 e. The molecule has 0 atom stereocenters. The zero-order valence-corrected chi connectivity index (χ0v) is 11.4. The quantitative estimate of drug-likeness (QED) is 0.904. The monoisotopic (exact) mass is 285 g/mol. The Morgan fingerprint density at radius 2 is 2.05 bits per heavy atom. The highest BCUT2D eigenvalue weighted by atomic mass is 16.5. The minimum Gasteiger partial charge on any atom is -0.378 e. The fraction of sp³-hybridized carbons (Fsp3) is 0.286. The van der Waals surface area contributed by atoms with Gasteiger partial charge < -0.3 is 15.0 Å². The van der Waals surface area contributed by atoms with Crippen molar-refractivity contribution in [1.29, 1.82) is 0 Å². The number of aromatic nitrogens is 3. The molecule has 1 saturated heterocycles. The zero-order valence-electron chi connectivity index (χ0n) is 11.4. The fourth-order valence-electron chi connectivity index (χ4n) is 2.05. The Kier molecular flexibility index (Phi) is 4.02. The van der Waals surface area contributed by atoms with Gasteiger partial charge in [-0.05, 0) is 12.1 Å². The smallest absolute Gasteiger partial charge is 0.275 e. The molecule has 1 aliphatic rings. The lowest BCUT2D eigenvalue weighted by molar-refractivity contribution is 0.102. The highest BCUT2D eigenvalue weighted by Gasteiger charge is 2.15. The van der Waals surface area contributed by atoms with Crippen LogP contribution in [0.5, 0.6) is 0 Å². The predicted octanol–water partition coefficient (Wildman–Crippen LogP) is 0.960.